The van der Waals surface area contributed by atoms with Crippen LogP contribution in [0.5, 0.6) is 0 Å². The van der Waals surface area contributed by atoms with Crippen LogP contribution in [-0.2, 0) is 11.2 Å². The van der Waals surface area contributed by atoms with E-state index in [1.807, 2.05) is 45.0 Å². The highest BCUT2D eigenvalue weighted by Crippen LogP contribution is 2.15. The Morgan fingerprint density at radius 3 is 2.11 bits per heavy atom. The van der Waals surface area contributed by atoms with E-state index in [0.717, 1.165) is 30.4 Å². The Kier molecular flexibility index (Phi) is 11.8. The summed E-state index contributed by atoms with van der Waals surface area (Å²) in [6, 6.07) is 14.4. The molecule has 0 unspecified atom stereocenters. The average Bonchev–Trinajstić information content (AvgIpc) is 2.84. The number of rotatable bonds is 14. The molecule has 7 nitrogen and oxygen atoms in total. The highest BCUT2D eigenvalue weighted by Gasteiger charge is 2.30. The van der Waals surface area contributed by atoms with Crippen LogP contribution in [0.4, 0.5) is 0 Å². The van der Waals surface area contributed by atoms with E-state index in [4.69, 9.17) is 0 Å². The number of carbonyl (C=O) groups is 3. The first-order valence-corrected chi connectivity index (χ1v) is 12.7. The number of aryl methyl sites for hydroxylation is 2. The lowest BCUT2D eigenvalue weighted by atomic mass is 9.74. The van der Waals surface area contributed by atoms with E-state index < -0.39 is 24.9 Å². The van der Waals surface area contributed by atoms with E-state index in [0.29, 0.717) is 17.5 Å². The Labute approximate surface area is 214 Å². The summed E-state index contributed by atoms with van der Waals surface area (Å²) in [5, 5.41) is 24.9. The molecule has 0 bridgehead atoms. The Bertz CT molecular complexity index is 990. The summed E-state index contributed by atoms with van der Waals surface area (Å²) in [6.07, 6.45) is 3.35. The molecule has 36 heavy (non-hydrogen) atoms. The number of amides is 2. The second kappa shape index (κ2) is 14.6. The number of hydrogen-bond donors (Lipinski definition) is 4. The third-order valence-corrected chi connectivity index (χ3v) is 6.13. The van der Waals surface area contributed by atoms with Gasteiger partial charge in [0.2, 0.25) is 5.91 Å². The highest BCUT2D eigenvalue weighted by atomic mass is 16.4. The molecule has 0 radical (unpaired) electrons. The molecule has 0 fully saturated rings. The fraction of sp³-hybridized carbons (Fsp3) is 0.464. The zero-order valence-electron chi connectivity index (χ0n) is 21.8. The average molecular weight is 494 g/mol. The van der Waals surface area contributed by atoms with E-state index in [1.165, 1.54) is 0 Å². The second-order valence-electron chi connectivity index (χ2n) is 9.86. The van der Waals surface area contributed by atoms with Crippen molar-refractivity contribution in [1.82, 2.24) is 10.6 Å². The minimum atomic E-state index is -1.73. The predicted octanol–water partition coefficient (Wildman–Crippen LogP) is 3.50. The molecule has 0 aliphatic carbocycles. The van der Waals surface area contributed by atoms with E-state index in [2.05, 4.69) is 17.6 Å². The van der Waals surface area contributed by atoms with Gasteiger partial charge in [0, 0.05) is 24.1 Å². The van der Waals surface area contributed by atoms with Gasteiger partial charge in [-0.25, -0.2) is 0 Å². The zero-order valence-corrected chi connectivity index (χ0v) is 21.8. The van der Waals surface area contributed by atoms with Gasteiger partial charge in [0.15, 0.2) is 5.78 Å². The van der Waals surface area contributed by atoms with Crippen LogP contribution in [0.15, 0.2) is 48.5 Å². The van der Waals surface area contributed by atoms with E-state index in [-0.39, 0.29) is 30.6 Å². The van der Waals surface area contributed by atoms with Gasteiger partial charge in [-0.05, 0) is 49.8 Å². The van der Waals surface area contributed by atoms with Crippen molar-refractivity contribution >= 4 is 24.7 Å². The maximum absolute atomic E-state index is 13.1. The fourth-order valence-corrected chi connectivity index (χ4v) is 3.92. The first-order valence-electron chi connectivity index (χ1n) is 12.7. The predicted molar refractivity (Wildman–Crippen MR) is 143 cm³/mol. The Hall–Kier alpha value is -2.97. The van der Waals surface area contributed by atoms with Crippen LogP contribution in [-0.4, -0.2) is 47.2 Å². The van der Waals surface area contributed by atoms with Crippen LogP contribution in [0, 0.1) is 18.8 Å². The Morgan fingerprint density at radius 1 is 0.944 bits per heavy atom. The number of Topliss-reactive ketones (excluding diaryl/α,β-unsaturated/α-hetero) is 1. The van der Waals surface area contributed by atoms with Gasteiger partial charge in [0.1, 0.15) is 0 Å². The molecule has 0 aliphatic heterocycles. The van der Waals surface area contributed by atoms with Crippen molar-refractivity contribution in [3.8, 4) is 0 Å². The molecule has 0 aliphatic rings. The molecule has 2 aromatic carbocycles. The summed E-state index contributed by atoms with van der Waals surface area (Å²) in [7, 11) is -1.73. The quantitative estimate of drug-likeness (QED) is 0.237. The summed E-state index contributed by atoms with van der Waals surface area (Å²) in [5.74, 6) is -2.70. The van der Waals surface area contributed by atoms with Crippen molar-refractivity contribution in [1.29, 1.82) is 0 Å². The standard InChI is InChI=1S/C28H39BN2O5/c1-5-6-7-21-10-14-22(15-11-21)25(32)17-24(28(34)31-26(29(35)36)16-19(2)3)18-30-27(33)23-12-8-20(4)9-13-23/h8-15,19,24,26,35-36H,5-7,16-18H2,1-4H3,(H,30,33)(H,31,34)/t24-,26+/m1/s1. The topological polar surface area (TPSA) is 116 Å². The van der Waals surface area contributed by atoms with Gasteiger partial charge in [-0.2, -0.15) is 0 Å². The molecule has 2 atom stereocenters. The second-order valence-corrected chi connectivity index (χ2v) is 9.86. The lowest BCUT2D eigenvalue weighted by Crippen LogP contribution is -2.50. The maximum atomic E-state index is 13.1. The molecule has 0 saturated heterocycles. The van der Waals surface area contributed by atoms with Crippen LogP contribution in [0.25, 0.3) is 0 Å². The monoisotopic (exact) mass is 494 g/mol. The van der Waals surface area contributed by atoms with Crippen LogP contribution in [0.3, 0.4) is 0 Å². The number of unbranched alkanes of at least 4 members (excludes halogenated alkanes) is 1. The summed E-state index contributed by atoms with van der Waals surface area (Å²) in [6.45, 7) is 7.81. The van der Waals surface area contributed by atoms with Crippen molar-refractivity contribution in [2.75, 3.05) is 6.54 Å². The minimum absolute atomic E-state index is 0.0607. The van der Waals surface area contributed by atoms with Gasteiger partial charge in [-0.15, -0.1) is 0 Å². The minimum Gasteiger partial charge on any atom is -0.426 e. The third-order valence-electron chi connectivity index (χ3n) is 6.13. The van der Waals surface area contributed by atoms with Crippen molar-refractivity contribution < 1.29 is 24.4 Å². The number of nitrogens with one attached hydrogen (secondary N) is 2. The fourth-order valence-electron chi connectivity index (χ4n) is 3.92. The lowest BCUT2D eigenvalue weighted by molar-refractivity contribution is -0.125. The molecule has 0 spiro atoms. The summed E-state index contributed by atoms with van der Waals surface area (Å²) >= 11 is 0. The molecule has 194 valence electrons. The molecule has 0 aromatic heterocycles. The molecule has 8 heteroatoms. The molecular weight excluding hydrogens is 455 g/mol. The molecule has 0 heterocycles. The van der Waals surface area contributed by atoms with E-state index >= 15 is 0 Å². The van der Waals surface area contributed by atoms with Gasteiger partial charge in [-0.1, -0.05) is 69.2 Å². The van der Waals surface area contributed by atoms with Crippen LogP contribution in [0.1, 0.15) is 78.3 Å². The van der Waals surface area contributed by atoms with Crippen molar-refractivity contribution in [2.24, 2.45) is 11.8 Å². The Balaban J connectivity index is 2.15. The number of ketones is 1. The van der Waals surface area contributed by atoms with Crippen molar-refractivity contribution in [2.45, 2.75) is 65.7 Å². The van der Waals surface area contributed by atoms with Gasteiger partial charge >= 0.3 is 7.12 Å². The smallest absolute Gasteiger partial charge is 0.426 e. The van der Waals surface area contributed by atoms with E-state index in [9.17, 15) is 24.4 Å². The molecule has 4 N–H and O–H groups in total. The summed E-state index contributed by atoms with van der Waals surface area (Å²) in [4.78, 5) is 38.8. The van der Waals surface area contributed by atoms with Gasteiger partial charge in [0.25, 0.3) is 5.91 Å². The van der Waals surface area contributed by atoms with E-state index in [1.54, 1.807) is 24.3 Å². The first-order chi connectivity index (χ1) is 17.1. The van der Waals surface area contributed by atoms with Gasteiger partial charge in [-0.3, -0.25) is 14.4 Å². The largest absolute Gasteiger partial charge is 0.475 e. The highest BCUT2D eigenvalue weighted by molar-refractivity contribution is 6.43. The zero-order chi connectivity index (χ0) is 26.7. The van der Waals surface area contributed by atoms with Gasteiger partial charge in [0.05, 0.1) is 11.9 Å². The van der Waals surface area contributed by atoms with Crippen LogP contribution in [0.2, 0.25) is 0 Å². The van der Waals surface area contributed by atoms with Crippen LogP contribution >= 0.6 is 0 Å². The number of carbonyl (C=O) groups excluding carboxylic acids is 3. The number of hydrogen-bond acceptors (Lipinski definition) is 5. The SMILES string of the molecule is CCCCc1ccc(C(=O)C[C@H](CNC(=O)c2ccc(C)cc2)C(=O)N[C@@H](CC(C)C)B(O)O)cc1. The van der Waals surface area contributed by atoms with Crippen LogP contribution < -0.4 is 10.6 Å². The van der Waals surface area contributed by atoms with Gasteiger partial charge < -0.3 is 20.7 Å². The summed E-state index contributed by atoms with van der Waals surface area (Å²) in [5.41, 5.74) is 3.13. The third kappa shape index (κ3) is 9.59. The van der Waals surface area contributed by atoms with Crippen molar-refractivity contribution in [3.05, 3.63) is 70.8 Å². The maximum Gasteiger partial charge on any atom is 0.475 e. The lowest BCUT2D eigenvalue weighted by Gasteiger charge is -2.23. The molecular formula is C28H39BN2O5. The normalized spacial score (nSPS) is 12.6. The molecule has 2 amide bonds. The van der Waals surface area contributed by atoms with Crippen molar-refractivity contribution in [3.63, 3.8) is 0 Å². The molecule has 0 saturated carbocycles. The Morgan fingerprint density at radius 2 is 1.56 bits per heavy atom. The first kappa shape index (κ1) is 29.3. The molecule has 2 rings (SSSR count). The summed E-state index contributed by atoms with van der Waals surface area (Å²) < 4.78 is 0. The molecule has 2 aromatic rings. The number of benzene rings is 2.